The Morgan fingerprint density at radius 2 is 1.50 bits per heavy atom. The molecule has 0 radical (unpaired) electrons. The Balaban J connectivity index is 5.45. The van der Waals surface area contributed by atoms with Gasteiger partial charge in [-0.15, -0.1) is 0 Å². The molecule has 0 aliphatic carbocycles. The fourth-order valence-corrected chi connectivity index (χ4v) is 2.02. The summed E-state index contributed by atoms with van der Waals surface area (Å²) in [5.74, 6) is -2.79. The zero-order valence-corrected chi connectivity index (χ0v) is 15.6. The monoisotopic (exact) mass is 347 g/mol. The zero-order valence-electron chi connectivity index (χ0n) is 15.6. The second-order valence-corrected chi connectivity index (χ2v) is 7.59. The van der Waals surface area contributed by atoms with Crippen LogP contribution in [0.4, 0.5) is 4.79 Å². The van der Waals surface area contributed by atoms with E-state index < -0.39 is 47.3 Å². The van der Waals surface area contributed by atoms with E-state index in [1.807, 2.05) is 0 Å². The third kappa shape index (κ3) is 6.74. The third-order valence-corrected chi connectivity index (χ3v) is 3.05. The largest absolute Gasteiger partial charge is 0.478 e. The van der Waals surface area contributed by atoms with Crippen LogP contribution in [0.15, 0.2) is 0 Å². The molecule has 0 aliphatic heterocycles. The highest BCUT2D eigenvalue weighted by Gasteiger charge is 2.43. The number of carbonyl (C=O) groups excluding carboxylic acids is 2. The maximum atomic E-state index is 12.4. The molecule has 8 heteroatoms. The van der Waals surface area contributed by atoms with Gasteiger partial charge < -0.3 is 19.7 Å². The molecule has 140 valence electrons. The molecule has 2 N–H and O–H groups in total. The number of likely N-dealkylation sites (N-methyl/N-ethyl adjacent to an activating group) is 1. The predicted molar refractivity (Wildman–Crippen MR) is 86.4 cm³/mol. The number of hydrogen-bond donors (Lipinski definition) is 2. The van der Waals surface area contributed by atoms with Crippen molar-refractivity contribution in [1.29, 1.82) is 0 Å². The Morgan fingerprint density at radius 3 is 1.79 bits per heavy atom. The molecule has 0 fully saturated rings. The van der Waals surface area contributed by atoms with Gasteiger partial charge in [0.1, 0.15) is 5.60 Å². The highest BCUT2D eigenvalue weighted by molar-refractivity contribution is 5.85. The van der Waals surface area contributed by atoms with Crippen molar-refractivity contribution in [1.82, 2.24) is 4.90 Å². The quantitative estimate of drug-likeness (QED) is 0.702. The molecule has 0 aromatic rings. The first-order valence-corrected chi connectivity index (χ1v) is 7.69. The predicted octanol–water partition coefficient (Wildman–Crippen LogP) is 1.65. The minimum Gasteiger partial charge on any atom is -0.478 e. The van der Waals surface area contributed by atoms with Gasteiger partial charge in [0.25, 0.3) is 0 Å². The van der Waals surface area contributed by atoms with Crippen LogP contribution < -0.4 is 0 Å². The molecule has 0 heterocycles. The van der Waals surface area contributed by atoms with Crippen molar-refractivity contribution < 1.29 is 34.1 Å². The number of hydrogen-bond acceptors (Lipinski definition) is 6. The fourth-order valence-electron chi connectivity index (χ4n) is 2.02. The molecule has 0 aliphatic rings. The lowest BCUT2D eigenvalue weighted by Gasteiger charge is -2.36. The van der Waals surface area contributed by atoms with E-state index in [1.165, 1.54) is 20.9 Å². The van der Waals surface area contributed by atoms with Gasteiger partial charge in [0.2, 0.25) is 6.10 Å². The van der Waals surface area contributed by atoms with Crippen molar-refractivity contribution >= 4 is 18.0 Å². The summed E-state index contributed by atoms with van der Waals surface area (Å²) in [6.45, 7) is 10.8. The second-order valence-electron chi connectivity index (χ2n) is 7.59. The number of nitrogens with zero attached hydrogens (tertiary/aromatic N) is 1. The summed E-state index contributed by atoms with van der Waals surface area (Å²) in [4.78, 5) is 36.7. The highest BCUT2D eigenvalue weighted by Crippen LogP contribution is 2.21. The SMILES string of the molecule is CC(C)[C@@H](OC(=O)[C@@H](N(C)C(=O)OC(C)(C)C)C(C)(C)O)C(=O)O. The van der Waals surface area contributed by atoms with Crippen LogP contribution in [-0.4, -0.2) is 63.5 Å². The molecule has 8 nitrogen and oxygen atoms in total. The number of carboxylic acid groups (broad SMARTS) is 1. The number of amides is 1. The van der Waals surface area contributed by atoms with E-state index in [4.69, 9.17) is 14.6 Å². The van der Waals surface area contributed by atoms with E-state index in [-0.39, 0.29) is 0 Å². The van der Waals surface area contributed by atoms with Gasteiger partial charge >= 0.3 is 18.0 Å². The Kier molecular flexibility index (Phi) is 7.23. The van der Waals surface area contributed by atoms with Gasteiger partial charge in [-0.1, -0.05) is 13.8 Å². The topological polar surface area (TPSA) is 113 Å². The van der Waals surface area contributed by atoms with Crippen LogP contribution in [0.2, 0.25) is 0 Å². The third-order valence-electron chi connectivity index (χ3n) is 3.05. The molecule has 0 unspecified atom stereocenters. The van der Waals surface area contributed by atoms with Crippen LogP contribution in [0, 0.1) is 5.92 Å². The van der Waals surface area contributed by atoms with Crippen molar-refractivity contribution in [2.75, 3.05) is 7.05 Å². The van der Waals surface area contributed by atoms with E-state index >= 15 is 0 Å². The molecule has 0 bridgehead atoms. The molecule has 0 saturated heterocycles. The summed E-state index contributed by atoms with van der Waals surface area (Å²) >= 11 is 0. The van der Waals surface area contributed by atoms with Crippen molar-refractivity contribution in [3.8, 4) is 0 Å². The van der Waals surface area contributed by atoms with Crippen molar-refractivity contribution in [3.63, 3.8) is 0 Å². The molecule has 2 atom stereocenters. The first-order chi connectivity index (χ1) is 10.6. The van der Waals surface area contributed by atoms with Crippen molar-refractivity contribution in [2.45, 2.75) is 71.8 Å². The summed E-state index contributed by atoms with van der Waals surface area (Å²) in [7, 11) is 1.28. The Morgan fingerprint density at radius 1 is 1.04 bits per heavy atom. The summed E-state index contributed by atoms with van der Waals surface area (Å²) in [6.07, 6.45) is -2.21. The summed E-state index contributed by atoms with van der Waals surface area (Å²) in [5, 5.41) is 19.4. The normalized spacial score (nSPS) is 14.8. The first-order valence-electron chi connectivity index (χ1n) is 7.69. The second kappa shape index (κ2) is 7.83. The molecule has 0 saturated carbocycles. The molecule has 0 aromatic heterocycles. The van der Waals surface area contributed by atoms with Gasteiger partial charge in [0.05, 0.1) is 5.60 Å². The van der Waals surface area contributed by atoms with Crippen molar-refractivity contribution in [3.05, 3.63) is 0 Å². The van der Waals surface area contributed by atoms with E-state index in [2.05, 4.69) is 0 Å². The molecule has 0 spiro atoms. The van der Waals surface area contributed by atoms with E-state index in [0.717, 1.165) is 4.90 Å². The fraction of sp³-hybridized carbons (Fsp3) is 0.812. The van der Waals surface area contributed by atoms with Gasteiger partial charge in [-0.2, -0.15) is 0 Å². The van der Waals surface area contributed by atoms with E-state index in [0.29, 0.717) is 0 Å². The number of aliphatic hydroxyl groups is 1. The number of esters is 1. The minimum absolute atomic E-state index is 0.472. The van der Waals surface area contributed by atoms with Crippen molar-refractivity contribution in [2.24, 2.45) is 5.92 Å². The highest BCUT2D eigenvalue weighted by atomic mass is 16.6. The number of ether oxygens (including phenoxy) is 2. The van der Waals surface area contributed by atoms with Crippen LogP contribution >= 0.6 is 0 Å². The summed E-state index contributed by atoms with van der Waals surface area (Å²) < 4.78 is 10.2. The van der Waals surface area contributed by atoms with Crippen LogP contribution in [0.3, 0.4) is 0 Å². The molecular formula is C16H29NO7. The number of aliphatic carboxylic acids is 1. The Hall–Kier alpha value is -1.83. The Labute approximate surface area is 142 Å². The average molecular weight is 347 g/mol. The van der Waals surface area contributed by atoms with Gasteiger partial charge in [-0.3, -0.25) is 4.90 Å². The van der Waals surface area contributed by atoms with Crippen LogP contribution in [0.1, 0.15) is 48.5 Å². The Bertz CT molecular complexity index is 474. The minimum atomic E-state index is -1.66. The summed E-state index contributed by atoms with van der Waals surface area (Å²) in [5.41, 5.74) is -2.45. The maximum Gasteiger partial charge on any atom is 0.410 e. The molecule has 1 amide bonds. The van der Waals surface area contributed by atoms with Gasteiger partial charge in [-0.05, 0) is 34.6 Å². The lowest BCUT2D eigenvalue weighted by Crippen LogP contribution is -2.57. The number of carboxylic acids is 1. The molecular weight excluding hydrogens is 318 g/mol. The lowest BCUT2D eigenvalue weighted by atomic mass is 9.97. The standard InChI is InChI=1S/C16H29NO7/c1-9(2)10(12(18)19)23-13(20)11(16(6,7)22)17(8)14(21)24-15(3,4)5/h9-11,22H,1-8H3,(H,18,19)/t10-,11-/m1/s1. The van der Waals surface area contributed by atoms with Crippen LogP contribution in [0.25, 0.3) is 0 Å². The first kappa shape index (κ1) is 22.2. The smallest absolute Gasteiger partial charge is 0.410 e. The zero-order chi connectivity index (χ0) is 19.5. The van der Waals surface area contributed by atoms with E-state index in [9.17, 15) is 19.5 Å². The molecule has 24 heavy (non-hydrogen) atoms. The average Bonchev–Trinajstić information content (AvgIpc) is 2.31. The molecule has 0 aromatic carbocycles. The number of rotatable bonds is 6. The van der Waals surface area contributed by atoms with E-state index in [1.54, 1.807) is 34.6 Å². The van der Waals surface area contributed by atoms with Gasteiger partial charge in [0.15, 0.2) is 6.04 Å². The van der Waals surface area contributed by atoms with Crippen LogP contribution in [-0.2, 0) is 19.1 Å². The maximum absolute atomic E-state index is 12.4. The molecule has 0 rings (SSSR count). The lowest BCUT2D eigenvalue weighted by molar-refractivity contribution is -0.176. The van der Waals surface area contributed by atoms with Gasteiger partial charge in [0, 0.05) is 13.0 Å². The van der Waals surface area contributed by atoms with Gasteiger partial charge in [-0.25, -0.2) is 14.4 Å². The summed E-state index contributed by atoms with van der Waals surface area (Å²) in [6, 6.07) is -1.42. The van der Waals surface area contributed by atoms with Crippen LogP contribution in [0.5, 0.6) is 0 Å². The number of carbonyl (C=O) groups is 3.